The van der Waals surface area contributed by atoms with Crippen molar-refractivity contribution in [2.24, 2.45) is 0 Å². The minimum Gasteiger partial charge on any atom is -0.389 e. The lowest BCUT2D eigenvalue weighted by atomic mass is 10.00. The smallest absolute Gasteiger partial charge is 0.191 e. The van der Waals surface area contributed by atoms with Crippen molar-refractivity contribution in [1.29, 1.82) is 0 Å². The molecule has 0 heterocycles. The van der Waals surface area contributed by atoms with Crippen LogP contribution in [-0.4, -0.2) is 42.3 Å². The summed E-state index contributed by atoms with van der Waals surface area (Å²) in [5.41, 5.74) is 1.41. The van der Waals surface area contributed by atoms with E-state index in [0.717, 1.165) is 5.56 Å². The molecule has 2 rings (SSSR count). The number of aliphatic hydroxyl groups is 1. The van der Waals surface area contributed by atoms with Gasteiger partial charge in [0, 0.05) is 24.6 Å². The Labute approximate surface area is 170 Å². The Bertz CT molecular complexity index is 737. The van der Waals surface area contributed by atoms with Gasteiger partial charge in [-0.3, -0.25) is 4.79 Å². The molecule has 2 aromatic rings. The molecule has 0 bridgehead atoms. The Hall–Kier alpha value is -1.43. The number of hydrogen-bond donors (Lipinski definition) is 2. The van der Waals surface area contributed by atoms with Gasteiger partial charge in [0.15, 0.2) is 5.78 Å². The predicted molar refractivity (Wildman–Crippen MR) is 110 cm³/mol. The second-order valence-corrected chi connectivity index (χ2v) is 7.54. The third kappa shape index (κ3) is 7.24. The van der Waals surface area contributed by atoms with E-state index in [1.54, 1.807) is 24.3 Å². The van der Waals surface area contributed by atoms with Crippen molar-refractivity contribution >= 4 is 29.0 Å². The Morgan fingerprint density at radius 1 is 1.11 bits per heavy atom. The Balaban J connectivity index is 2.10. The molecule has 2 unspecified atom stereocenters. The molecule has 146 valence electrons. The third-order valence-corrected chi connectivity index (χ3v) is 4.75. The number of carbonyl (C=O) groups excluding carboxylic acids is 1. The first-order valence-electron chi connectivity index (χ1n) is 8.93. The number of carbonyl (C=O) groups is 1. The van der Waals surface area contributed by atoms with E-state index < -0.39 is 12.2 Å². The van der Waals surface area contributed by atoms with Crippen LogP contribution in [0, 0.1) is 0 Å². The van der Waals surface area contributed by atoms with Gasteiger partial charge in [-0.05, 0) is 17.7 Å². The number of ketones is 1. The fraction of sp³-hybridized carbons (Fsp3) is 0.381. The summed E-state index contributed by atoms with van der Waals surface area (Å²) in [6.45, 7) is 4.46. The molecular weight excluding hydrogens is 385 g/mol. The summed E-state index contributed by atoms with van der Waals surface area (Å²) in [5, 5.41) is 14.1. The van der Waals surface area contributed by atoms with Crippen molar-refractivity contribution in [2.45, 2.75) is 38.5 Å². The van der Waals surface area contributed by atoms with Crippen LogP contribution < -0.4 is 5.32 Å². The number of Topliss-reactive ketones (excluding diaryl/α,β-unsaturated/α-hetero) is 1. The summed E-state index contributed by atoms with van der Waals surface area (Å²) < 4.78 is 5.81. The lowest BCUT2D eigenvalue weighted by Crippen LogP contribution is -2.37. The highest BCUT2D eigenvalue weighted by Crippen LogP contribution is 2.24. The van der Waals surface area contributed by atoms with E-state index in [9.17, 15) is 9.90 Å². The van der Waals surface area contributed by atoms with Gasteiger partial charge in [0.1, 0.15) is 6.10 Å². The van der Waals surface area contributed by atoms with E-state index in [2.05, 4.69) is 5.32 Å². The molecular formula is C21H25Cl2NO3. The molecule has 6 heteroatoms. The monoisotopic (exact) mass is 409 g/mol. The van der Waals surface area contributed by atoms with Crippen molar-refractivity contribution in [3.05, 3.63) is 69.7 Å². The fourth-order valence-electron chi connectivity index (χ4n) is 2.55. The van der Waals surface area contributed by atoms with Crippen molar-refractivity contribution in [1.82, 2.24) is 5.32 Å². The van der Waals surface area contributed by atoms with Gasteiger partial charge < -0.3 is 15.2 Å². The molecule has 0 aliphatic rings. The van der Waals surface area contributed by atoms with Crippen LogP contribution in [0.2, 0.25) is 10.0 Å². The lowest BCUT2D eigenvalue weighted by Gasteiger charge is -2.20. The molecule has 2 N–H and O–H groups in total. The normalized spacial score (nSPS) is 13.6. The summed E-state index contributed by atoms with van der Waals surface area (Å²) in [6.07, 6.45) is -1.08. The Morgan fingerprint density at radius 2 is 1.81 bits per heavy atom. The topological polar surface area (TPSA) is 58.6 Å². The van der Waals surface area contributed by atoms with Gasteiger partial charge in [0.25, 0.3) is 0 Å². The Morgan fingerprint density at radius 3 is 2.44 bits per heavy atom. The predicted octanol–water partition coefficient (Wildman–Crippen LogP) is 4.16. The summed E-state index contributed by atoms with van der Waals surface area (Å²) in [4.78, 5) is 12.9. The van der Waals surface area contributed by atoms with Gasteiger partial charge in [-0.1, -0.05) is 73.4 Å². The first-order valence-corrected chi connectivity index (χ1v) is 9.68. The van der Waals surface area contributed by atoms with E-state index in [1.165, 1.54) is 0 Å². The Kier molecular flexibility index (Phi) is 8.74. The maximum absolute atomic E-state index is 12.9. The van der Waals surface area contributed by atoms with E-state index in [0.29, 0.717) is 28.6 Å². The van der Waals surface area contributed by atoms with Crippen LogP contribution in [0.4, 0.5) is 0 Å². The van der Waals surface area contributed by atoms with Crippen LogP contribution in [-0.2, 0) is 11.2 Å². The molecule has 4 nitrogen and oxygen atoms in total. The van der Waals surface area contributed by atoms with Gasteiger partial charge in [-0.2, -0.15) is 0 Å². The largest absolute Gasteiger partial charge is 0.389 e. The fourth-order valence-corrected chi connectivity index (χ4v) is 2.87. The quantitative estimate of drug-likeness (QED) is 0.578. The van der Waals surface area contributed by atoms with Crippen LogP contribution in [0.25, 0.3) is 0 Å². The molecule has 0 aliphatic carbocycles. The highest BCUT2D eigenvalue weighted by Gasteiger charge is 2.23. The number of hydrogen-bond acceptors (Lipinski definition) is 4. The highest BCUT2D eigenvalue weighted by atomic mass is 35.5. The summed E-state index contributed by atoms with van der Waals surface area (Å²) >= 11 is 12.1. The zero-order chi connectivity index (χ0) is 19.8. The zero-order valence-corrected chi connectivity index (χ0v) is 17.0. The minimum atomic E-state index is -0.724. The number of aliphatic hydroxyl groups excluding tert-OH is 1. The number of halogens is 2. The van der Waals surface area contributed by atoms with Gasteiger partial charge in [-0.25, -0.2) is 0 Å². The van der Waals surface area contributed by atoms with Crippen molar-refractivity contribution in [3.63, 3.8) is 0 Å². The molecule has 0 radical (unpaired) electrons. The summed E-state index contributed by atoms with van der Waals surface area (Å²) in [6, 6.07) is 14.5. The van der Waals surface area contributed by atoms with E-state index in [1.807, 2.05) is 38.1 Å². The zero-order valence-electron chi connectivity index (χ0n) is 15.5. The SMILES string of the molecule is CC(C)NCC(O)COC(Cc1ccc(Cl)c(Cl)c1)C(=O)c1ccccc1. The minimum absolute atomic E-state index is 0.0598. The number of nitrogens with one attached hydrogen (secondary N) is 1. The van der Waals surface area contributed by atoms with E-state index in [-0.39, 0.29) is 18.4 Å². The van der Waals surface area contributed by atoms with Crippen LogP contribution in [0.5, 0.6) is 0 Å². The van der Waals surface area contributed by atoms with E-state index in [4.69, 9.17) is 27.9 Å². The first kappa shape index (κ1) is 21.9. The van der Waals surface area contributed by atoms with Gasteiger partial charge in [0.05, 0.1) is 22.8 Å². The third-order valence-electron chi connectivity index (χ3n) is 4.01. The molecule has 0 spiro atoms. The molecule has 0 saturated carbocycles. The molecule has 0 fully saturated rings. The van der Waals surface area contributed by atoms with E-state index >= 15 is 0 Å². The second-order valence-electron chi connectivity index (χ2n) is 6.72. The van der Waals surface area contributed by atoms with Gasteiger partial charge in [-0.15, -0.1) is 0 Å². The van der Waals surface area contributed by atoms with Crippen molar-refractivity contribution in [3.8, 4) is 0 Å². The maximum atomic E-state index is 12.9. The molecule has 2 atom stereocenters. The number of rotatable bonds is 10. The van der Waals surface area contributed by atoms with Gasteiger partial charge in [0.2, 0.25) is 0 Å². The lowest BCUT2D eigenvalue weighted by molar-refractivity contribution is -0.00216. The van der Waals surface area contributed by atoms with Gasteiger partial charge >= 0.3 is 0 Å². The average Bonchev–Trinajstić information content (AvgIpc) is 2.66. The molecule has 2 aromatic carbocycles. The van der Waals surface area contributed by atoms with Crippen LogP contribution in [0.3, 0.4) is 0 Å². The average molecular weight is 410 g/mol. The van der Waals surface area contributed by atoms with Crippen LogP contribution >= 0.6 is 23.2 Å². The maximum Gasteiger partial charge on any atom is 0.191 e. The second kappa shape index (κ2) is 10.8. The highest BCUT2D eigenvalue weighted by molar-refractivity contribution is 6.42. The molecule has 0 aliphatic heterocycles. The first-order chi connectivity index (χ1) is 12.9. The number of ether oxygens (including phenoxy) is 1. The van der Waals surface area contributed by atoms with Crippen molar-refractivity contribution in [2.75, 3.05) is 13.2 Å². The van der Waals surface area contributed by atoms with Crippen LogP contribution in [0.15, 0.2) is 48.5 Å². The standard InChI is InChI=1S/C21H25Cl2NO3/c1-14(2)24-12-17(25)13-27-20(21(26)16-6-4-3-5-7-16)11-15-8-9-18(22)19(23)10-15/h3-10,14,17,20,24-25H,11-13H2,1-2H3. The summed E-state index contributed by atoms with van der Waals surface area (Å²) in [5.74, 6) is -0.134. The molecule has 0 saturated heterocycles. The molecule has 0 aromatic heterocycles. The molecule has 27 heavy (non-hydrogen) atoms. The molecule has 0 amide bonds. The van der Waals surface area contributed by atoms with Crippen molar-refractivity contribution < 1.29 is 14.6 Å². The number of benzene rings is 2. The van der Waals surface area contributed by atoms with Crippen LogP contribution in [0.1, 0.15) is 29.8 Å². The summed E-state index contributed by atoms with van der Waals surface area (Å²) in [7, 11) is 0.